The Hall–Kier alpha value is -3.02. The van der Waals surface area contributed by atoms with E-state index in [2.05, 4.69) is 43.4 Å². The van der Waals surface area contributed by atoms with Gasteiger partial charge in [-0.2, -0.15) is 0 Å². The van der Waals surface area contributed by atoms with Gasteiger partial charge in [0.1, 0.15) is 0 Å². The predicted octanol–water partition coefficient (Wildman–Crippen LogP) is 3.77. The van der Waals surface area contributed by atoms with Crippen molar-refractivity contribution in [2.75, 3.05) is 18.2 Å². The minimum absolute atomic E-state index is 0.0574. The topological polar surface area (TPSA) is 67.9 Å². The predicted molar refractivity (Wildman–Crippen MR) is 110 cm³/mol. The fourth-order valence-corrected chi connectivity index (χ4v) is 3.77. The summed E-state index contributed by atoms with van der Waals surface area (Å²) in [4.78, 5) is 26.9. The van der Waals surface area contributed by atoms with Crippen LogP contribution in [0.1, 0.15) is 50.3 Å². The molecule has 2 aliphatic rings. The molecule has 2 atom stereocenters. The lowest BCUT2D eigenvalue weighted by Gasteiger charge is -2.19. The second-order valence-corrected chi connectivity index (χ2v) is 7.99. The SMILES string of the molecule is CC(C)c1ccc([C@@H](C)NC(=O)[C@H]2CC(=O)N(c3ccc4c(c3)OCO4)C2)cc1. The monoisotopic (exact) mass is 394 g/mol. The summed E-state index contributed by atoms with van der Waals surface area (Å²) in [5, 5.41) is 3.06. The zero-order valence-electron chi connectivity index (χ0n) is 17.0. The van der Waals surface area contributed by atoms with Gasteiger partial charge >= 0.3 is 0 Å². The molecule has 0 aliphatic carbocycles. The van der Waals surface area contributed by atoms with Crippen LogP contribution in [-0.2, 0) is 9.59 Å². The van der Waals surface area contributed by atoms with Crippen LogP contribution in [0.2, 0.25) is 0 Å². The van der Waals surface area contributed by atoms with Crippen LogP contribution in [0.3, 0.4) is 0 Å². The maximum absolute atomic E-state index is 12.8. The van der Waals surface area contributed by atoms with Crippen LogP contribution in [0, 0.1) is 5.92 Å². The number of carbonyl (C=O) groups is 2. The number of hydrogen-bond donors (Lipinski definition) is 1. The summed E-state index contributed by atoms with van der Waals surface area (Å²) < 4.78 is 10.7. The summed E-state index contributed by atoms with van der Waals surface area (Å²) in [7, 11) is 0. The lowest BCUT2D eigenvalue weighted by Crippen LogP contribution is -2.34. The number of fused-ring (bicyclic) bond motifs is 1. The zero-order chi connectivity index (χ0) is 20.5. The molecular weight excluding hydrogens is 368 g/mol. The van der Waals surface area contributed by atoms with Crippen LogP contribution >= 0.6 is 0 Å². The Morgan fingerprint density at radius 3 is 2.45 bits per heavy atom. The average Bonchev–Trinajstić information content (AvgIpc) is 3.33. The van der Waals surface area contributed by atoms with Gasteiger partial charge in [-0.15, -0.1) is 0 Å². The molecule has 1 fully saturated rings. The number of nitrogens with one attached hydrogen (secondary N) is 1. The molecule has 1 saturated heterocycles. The number of hydrogen-bond acceptors (Lipinski definition) is 4. The van der Waals surface area contributed by atoms with Crippen LogP contribution in [0.25, 0.3) is 0 Å². The van der Waals surface area contributed by atoms with E-state index in [9.17, 15) is 9.59 Å². The smallest absolute Gasteiger partial charge is 0.231 e. The van der Waals surface area contributed by atoms with Gasteiger partial charge in [0, 0.05) is 24.7 Å². The molecule has 0 unspecified atom stereocenters. The van der Waals surface area contributed by atoms with E-state index in [-0.39, 0.29) is 37.0 Å². The van der Waals surface area contributed by atoms with Crippen molar-refractivity contribution in [1.29, 1.82) is 0 Å². The molecule has 1 N–H and O–H groups in total. The lowest BCUT2D eigenvalue weighted by atomic mass is 9.99. The van der Waals surface area contributed by atoms with E-state index in [1.54, 1.807) is 17.0 Å². The standard InChI is InChI=1S/C23H26N2O4/c1-14(2)16-4-6-17(7-5-16)15(3)24-23(27)18-10-22(26)25(12-18)19-8-9-20-21(11-19)29-13-28-20/h4-9,11,14-15,18H,10,12-13H2,1-3H3,(H,24,27)/t15-,18+/m1/s1. The van der Waals surface area contributed by atoms with Crippen molar-refractivity contribution in [1.82, 2.24) is 5.32 Å². The van der Waals surface area contributed by atoms with E-state index in [4.69, 9.17) is 9.47 Å². The van der Waals surface area contributed by atoms with Crippen LogP contribution in [-0.4, -0.2) is 25.2 Å². The summed E-state index contributed by atoms with van der Waals surface area (Å²) in [5.41, 5.74) is 3.06. The molecule has 2 heterocycles. The molecular formula is C23H26N2O4. The molecule has 6 nitrogen and oxygen atoms in total. The number of carbonyl (C=O) groups excluding carboxylic acids is 2. The Labute approximate surface area is 170 Å². The molecule has 2 aromatic carbocycles. The first kappa shape index (κ1) is 19.3. The van der Waals surface area contributed by atoms with Gasteiger partial charge in [-0.05, 0) is 36.1 Å². The Morgan fingerprint density at radius 2 is 1.72 bits per heavy atom. The minimum Gasteiger partial charge on any atom is -0.454 e. The van der Waals surface area contributed by atoms with E-state index in [0.717, 1.165) is 11.3 Å². The molecule has 0 saturated carbocycles. The van der Waals surface area contributed by atoms with Crippen LogP contribution in [0.4, 0.5) is 5.69 Å². The second-order valence-electron chi connectivity index (χ2n) is 7.99. The number of ether oxygens (including phenoxy) is 2. The number of rotatable bonds is 5. The normalized spacial score (nSPS) is 19.0. The zero-order valence-corrected chi connectivity index (χ0v) is 17.0. The third-order valence-corrected chi connectivity index (χ3v) is 5.63. The molecule has 0 radical (unpaired) electrons. The summed E-state index contributed by atoms with van der Waals surface area (Å²) in [6, 6.07) is 13.6. The molecule has 4 rings (SSSR count). The van der Waals surface area contributed by atoms with Gasteiger partial charge in [-0.25, -0.2) is 0 Å². The second kappa shape index (κ2) is 7.78. The highest BCUT2D eigenvalue weighted by atomic mass is 16.7. The quantitative estimate of drug-likeness (QED) is 0.838. The molecule has 6 heteroatoms. The van der Waals surface area contributed by atoms with E-state index in [1.165, 1.54) is 5.56 Å². The van der Waals surface area contributed by atoms with Crippen molar-refractivity contribution in [2.24, 2.45) is 5.92 Å². The maximum atomic E-state index is 12.8. The maximum Gasteiger partial charge on any atom is 0.231 e. The fourth-order valence-electron chi connectivity index (χ4n) is 3.77. The first-order valence-electron chi connectivity index (χ1n) is 10.0. The summed E-state index contributed by atoms with van der Waals surface area (Å²) in [6.45, 7) is 6.83. The molecule has 0 bridgehead atoms. The van der Waals surface area contributed by atoms with Crippen LogP contribution in [0.15, 0.2) is 42.5 Å². The molecule has 2 aromatic rings. The highest BCUT2D eigenvalue weighted by Gasteiger charge is 2.36. The average molecular weight is 394 g/mol. The molecule has 2 amide bonds. The van der Waals surface area contributed by atoms with Gasteiger partial charge in [-0.1, -0.05) is 38.1 Å². The number of benzene rings is 2. The first-order chi connectivity index (χ1) is 13.9. The highest BCUT2D eigenvalue weighted by Crippen LogP contribution is 2.37. The summed E-state index contributed by atoms with van der Waals surface area (Å²) >= 11 is 0. The molecule has 152 valence electrons. The van der Waals surface area contributed by atoms with Crippen molar-refractivity contribution in [3.05, 3.63) is 53.6 Å². The van der Waals surface area contributed by atoms with Crippen LogP contribution < -0.4 is 19.7 Å². The molecule has 0 aromatic heterocycles. The van der Waals surface area contributed by atoms with Gasteiger partial charge in [0.15, 0.2) is 11.5 Å². The van der Waals surface area contributed by atoms with Crippen molar-refractivity contribution in [3.8, 4) is 11.5 Å². The third-order valence-electron chi connectivity index (χ3n) is 5.63. The number of anilines is 1. The summed E-state index contributed by atoms with van der Waals surface area (Å²) in [6.07, 6.45) is 0.208. The van der Waals surface area contributed by atoms with Crippen molar-refractivity contribution in [3.63, 3.8) is 0 Å². The van der Waals surface area contributed by atoms with Gasteiger partial charge in [0.25, 0.3) is 0 Å². The van der Waals surface area contributed by atoms with Crippen molar-refractivity contribution in [2.45, 2.75) is 39.2 Å². The van der Waals surface area contributed by atoms with Crippen LogP contribution in [0.5, 0.6) is 11.5 Å². The van der Waals surface area contributed by atoms with Gasteiger partial charge in [0.05, 0.1) is 12.0 Å². The highest BCUT2D eigenvalue weighted by molar-refractivity contribution is 6.00. The number of nitrogens with zero attached hydrogens (tertiary/aromatic N) is 1. The molecule has 0 spiro atoms. The van der Waals surface area contributed by atoms with E-state index < -0.39 is 0 Å². The van der Waals surface area contributed by atoms with E-state index in [0.29, 0.717) is 24.0 Å². The molecule has 2 aliphatic heterocycles. The van der Waals surface area contributed by atoms with Gasteiger partial charge in [0.2, 0.25) is 18.6 Å². The Morgan fingerprint density at radius 1 is 1.03 bits per heavy atom. The minimum atomic E-state index is -0.370. The lowest BCUT2D eigenvalue weighted by molar-refractivity contribution is -0.126. The van der Waals surface area contributed by atoms with Crippen molar-refractivity contribution < 1.29 is 19.1 Å². The largest absolute Gasteiger partial charge is 0.454 e. The van der Waals surface area contributed by atoms with E-state index in [1.807, 2.05) is 13.0 Å². The van der Waals surface area contributed by atoms with E-state index >= 15 is 0 Å². The Bertz CT molecular complexity index is 923. The molecule has 29 heavy (non-hydrogen) atoms. The van der Waals surface area contributed by atoms with Crippen molar-refractivity contribution >= 4 is 17.5 Å². The third kappa shape index (κ3) is 3.92. The Kier molecular flexibility index (Phi) is 5.18. The first-order valence-corrected chi connectivity index (χ1v) is 10.0. The fraction of sp³-hybridized carbons (Fsp3) is 0.391. The Balaban J connectivity index is 1.40. The summed E-state index contributed by atoms with van der Waals surface area (Å²) in [5.74, 6) is 1.25. The van der Waals surface area contributed by atoms with Gasteiger partial charge < -0.3 is 19.7 Å². The van der Waals surface area contributed by atoms with Gasteiger partial charge in [-0.3, -0.25) is 9.59 Å². The number of amides is 2.